The third-order valence-electron chi connectivity index (χ3n) is 6.72. The Hall–Kier alpha value is -2.90. The summed E-state index contributed by atoms with van der Waals surface area (Å²) in [5, 5.41) is 1.78. The molecule has 0 aliphatic carbocycles. The Morgan fingerprint density at radius 1 is 1.00 bits per heavy atom. The number of amides is 2. The Morgan fingerprint density at radius 3 is 2.15 bits per heavy atom. The van der Waals surface area contributed by atoms with Gasteiger partial charge in [-0.25, -0.2) is 19.2 Å². The summed E-state index contributed by atoms with van der Waals surface area (Å²) in [5.41, 5.74) is 5.74. The van der Waals surface area contributed by atoms with E-state index in [9.17, 15) is 19.2 Å². The SMILES string of the molecule is CC(C)[C@H](N)C(=O)OC(=O)[C@H](C)[N+]1(c2ccc3ccccc3c2)C(=O)CC(C(C)(C)C)C1=O. The first-order chi connectivity index (χ1) is 15.3. The average Bonchev–Trinajstić information content (AvgIpc) is 3.03. The summed E-state index contributed by atoms with van der Waals surface area (Å²) in [5.74, 6) is -3.39. The number of hydrogen-bond donors (Lipinski definition) is 1. The van der Waals surface area contributed by atoms with Gasteiger partial charge in [-0.1, -0.05) is 58.9 Å². The summed E-state index contributed by atoms with van der Waals surface area (Å²) in [6.45, 7) is 10.6. The Balaban J connectivity index is 2.13. The number of hydrogen-bond acceptors (Lipinski definition) is 6. The van der Waals surface area contributed by atoms with Crippen LogP contribution in [0.15, 0.2) is 42.5 Å². The molecule has 7 heteroatoms. The smallest absolute Gasteiger partial charge is 0.373 e. The quantitative estimate of drug-likeness (QED) is 0.320. The van der Waals surface area contributed by atoms with Crippen LogP contribution in [0.1, 0.15) is 48.0 Å². The first-order valence-corrected chi connectivity index (χ1v) is 11.3. The van der Waals surface area contributed by atoms with E-state index in [4.69, 9.17) is 10.5 Å². The van der Waals surface area contributed by atoms with E-state index in [1.165, 1.54) is 6.92 Å². The van der Waals surface area contributed by atoms with Crippen molar-refractivity contribution in [2.45, 2.75) is 60.0 Å². The van der Waals surface area contributed by atoms with Crippen LogP contribution >= 0.6 is 0 Å². The van der Waals surface area contributed by atoms with E-state index in [1.807, 2.05) is 51.1 Å². The Labute approximate surface area is 194 Å². The summed E-state index contributed by atoms with van der Waals surface area (Å²) < 4.78 is 4.27. The molecule has 1 saturated heterocycles. The van der Waals surface area contributed by atoms with Crippen LogP contribution in [-0.4, -0.2) is 35.8 Å². The molecule has 1 aliphatic heterocycles. The van der Waals surface area contributed by atoms with Crippen molar-refractivity contribution < 1.29 is 23.9 Å². The van der Waals surface area contributed by atoms with Gasteiger partial charge in [0.25, 0.3) is 0 Å². The van der Waals surface area contributed by atoms with Gasteiger partial charge in [-0.3, -0.25) is 0 Å². The average molecular weight is 454 g/mol. The standard InChI is InChI=1S/C26H33N2O5/c1-15(2)22(27)25(32)33-24(31)16(3)28(21(29)14-20(23(28)30)26(4,5)6)19-12-11-17-9-7-8-10-18(17)13-19/h7-13,15-16,20,22H,14,27H2,1-6H3/q+1/t16-,20?,22-,28?/m0/s1. The van der Waals surface area contributed by atoms with Crippen LogP contribution < -0.4 is 10.2 Å². The highest BCUT2D eigenvalue weighted by atomic mass is 16.6. The summed E-state index contributed by atoms with van der Waals surface area (Å²) in [6, 6.07) is 10.6. The summed E-state index contributed by atoms with van der Waals surface area (Å²) in [7, 11) is 0. The number of carbonyl (C=O) groups is 4. The third kappa shape index (κ3) is 4.23. The van der Waals surface area contributed by atoms with Crippen LogP contribution in [0.5, 0.6) is 0 Å². The molecule has 0 saturated carbocycles. The molecule has 1 aliphatic rings. The van der Waals surface area contributed by atoms with Gasteiger partial charge in [0.1, 0.15) is 11.7 Å². The summed E-state index contributed by atoms with van der Waals surface area (Å²) in [6.07, 6.45) is 0.00619. The first-order valence-electron chi connectivity index (χ1n) is 11.3. The topological polar surface area (TPSA) is 104 Å². The van der Waals surface area contributed by atoms with E-state index >= 15 is 0 Å². The van der Waals surface area contributed by atoms with Crippen molar-refractivity contribution in [3.63, 3.8) is 0 Å². The molecule has 1 heterocycles. The first kappa shape index (κ1) is 24.7. The molecule has 2 aromatic rings. The van der Waals surface area contributed by atoms with Gasteiger partial charge in [-0.2, -0.15) is 4.48 Å². The monoisotopic (exact) mass is 453 g/mol. The lowest BCUT2D eigenvalue weighted by atomic mass is 9.79. The molecule has 2 amide bonds. The van der Waals surface area contributed by atoms with Crippen molar-refractivity contribution >= 4 is 40.2 Å². The Bertz CT molecular complexity index is 1120. The molecule has 4 atom stereocenters. The molecular weight excluding hydrogens is 420 g/mol. The molecule has 1 fully saturated rings. The summed E-state index contributed by atoms with van der Waals surface area (Å²) in [4.78, 5) is 53.0. The van der Waals surface area contributed by atoms with Gasteiger partial charge < -0.3 is 10.5 Å². The highest BCUT2D eigenvalue weighted by Crippen LogP contribution is 2.45. The van der Waals surface area contributed by atoms with E-state index in [2.05, 4.69) is 0 Å². The predicted molar refractivity (Wildman–Crippen MR) is 127 cm³/mol. The van der Waals surface area contributed by atoms with Crippen molar-refractivity contribution in [2.75, 3.05) is 0 Å². The zero-order chi connectivity index (χ0) is 24.7. The fourth-order valence-electron chi connectivity index (χ4n) is 4.43. The highest BCUT2D eigenvalue weighted by molar-refractivity contribution is 6.19. The molecule has 7 nitrogen and oxygen atoms in total. The van der Waals surface area contributed by atoms with Crippen LogP contribution in [0.25, 0.3) is 10.8 Å². The van der Waals surface area contributed by atoms with Gasteiger partial charge in [0, 0.05) is 19.1 Å². The largest absolute Gasteiger partial charge is 0.387 e. The molecule has 0 spiro atoms. The second-order valence-corrected chi connectivity index (χ2v) is 10.3. The third-order valence-corrected chi connectivity index (χ3v) is 6.72. The number of quaternary nitrogens is 1. The lowest BCUT2D eigenvalue weighted by Gasteiger charge is -2.34. The maximum atomic E-state index is 13.9. The van der Waals surface area contributed by atoms with Gasteiger partial charge in [-0.15, -0.1) is 0 Å². The predicted octanol–water partition coefficient (Wildman–Crippen LogP) is 3.71. The molecule has 2 unspecified atom stereocenters. The van der Waals surface area contributed by atoms with Crippen LogP contribution in [0.4, 0.5) is 5.69 Å². The number of carbonyl (C=O) groups excluding carboxylic acids is 4. The molecule has 3 rings (SSSR count). The number of fused-ring (bicyclic) bond motifs is 1. The van der Waals surface area contributed by atoms with Gasteiger partial charge in [0.15, 0.2) is 0 Å². The number of nitrogens with two attached hydrogens (primary N) is 1. The number of nitrogens with zero attached hydrogens (tertiary/aromatic N) is 1. The van der Waals surface area contributed by atoms with Crippen molar-refractivity contribution in [3.8, 4) is 0 Å². The lowest BCUT2D eigenvalue weighted by Crippen LogP contribution is -2.64. The lowest BCUT2D eigenvalue weighted by molar-refractivity contribution is -0.167. The molecule has 33 heavy (non-hydrogen) atoms. The number of esters is 2. The van der Waals surface area contributed by atoms with Crippen molar-refractivity contribution in [1.82, 2.24) is 4.48 Å². The van der Waals surface area contributed by atoms with E-state index in [-0.39, 0.29) is 24.2 Å². The maximum absolute atomic E-state index is 13.9. The maximum Gasteiger partial charge on any atom is 0.373 e. The minimum absolute atomic E-state index is 0.00619. The minimum atomic E-state index is -1.25. The normalized spacial score (nSPS) is 23.1. The molecule has 0 aromatic heterocycles. The number of benzene rings is 2. The Morgan fingerprint density at radius 2 is 1.61 bits per heavy atom. The van der Waals surface area contributed by atoms with Crippen molar-refractivity contribution in [3.05, 3.63) is 42.5 Å². The minimum Gasteiger partial charge on any atom is -0.387 e. The van der Waals surface area contributed by atoms with Crippen LogP contribution in [0, 0.1) is 17.3 Å². The van der Waals surface area contributed by atoms with Gasteiger partial charge in [0.2, 0.25) is 6.04 Å². The number of likely N-dealkylation sites (tertiary alicyclic amines) is 1. The van der Waals surface area contributed by atoms with Gasteiger partial charge >= 0.3 is 23.8 Å². The van der Waals surface area contributed by atoms with Gasteiger partial charge in [0.05, 0.1) is 12.3 Å². The molecule has 2 N–H and O–H groups in total. The van der Waals surface area contributed by atoms with Crippen molar-refractivity contribution in [1.29, 1.82) is 0 Å². The fraction of sp³-hybridized carbons (Fsp3) is 0.462. The van der Waals surface area contributed by atoms with E-state index in [0.29, 0.717) is 5.69 Å². The number of ether oxygens (including phenoxy) is 1. The highest BCUT2D eigenvalue weighted by Gasteiger charge is 2.64. The molecule has 0 bridgehead atoms. The van der Waals surface area contributed by atoms with Gasteiger partial charge in [-0.05, 0) is 28.2 Å². The molecule has 2 aromatic carbocycles. The van der Waals surface area contributed by atoms with E-state index in [0.717, 1.165) is 10.8 Å². The fourth-order valence-corrected chi connectivity index (χ4v) is 4.43. The summed E-state index contributed by atoms with van der Waals surface area (Å²) >= 11 is 0. The zero-order valence-corrected chi connectivity index (χ0v) is 20.1. The van der Waals surface area contributed by atoms with Crippen LogP contribution in [-0.2, 0) is 23.9 Å². The molecule has 0 radical (unpaired) electrons. The van der Waals surface area contributed by atoms with E-state index in [1.54, 1.807) is 26.0 Å². The van der Waals surface area contributed by atoms with Crippen LogP contribution in [0.2, 0.25) is 0 Å². The second-order valence-electron chi connectivity index (χ2n) is 10.3. The number of imide groups is 1. The second kappa shape index (κ2) is 8.80. The number of rotatable bonds is 5. The Kier molecular flexibility index (Phi) is 6.60. The van der Waals surface area contributed by atoms with Crippen molar-refractivity contribution in [2.24, 2.45) is 23.0 Å². The molecule has 176 valence electrons. The molecular formula is C26H33N2O5+. The van der Waals surface area contributed by atoms with E-state index < -0.39 is 39.8 Å². The zero-order valence-electron chi connectivity index (χ0n) is 20.1. The van der Waals surface area contributed by atoms with Crippen LogP contribution in [0.3, 0.4) is 0 Å².